The summed E-state index contributed by atoms with van der Waals surface area (Å²) in [7, 11) is 0. The molecule has 4 rings (SSSR count). The van der Waals surface area contributed by atoms with Gasteiger partial charge in [0, 0.05) is 18.0 Å². The monoisotopic (exact) mass is 394 g/mol. The summed E-state index contributed by atoms with van der Waals surface area (Å²) < 4.78 is 11.9. The number of nitrogens with one attached hydrogen (secondary N) is 1. The van der Waals surface area contributed by atoms with Gasteiger partial charge in [0.2, 0.25) is 11.8 Å². The predicted octanol–water partition coefficient (Wildman–Crippen LogP) is 5.46. The fourth-order valence-electron chi connectivity index (χ4n) is 2.72. The number of para-hydroxylation sites is 2. The molecule has 0 amide bonds. The van der Waals surface area contributed by atoms with Crippen LogP contribution >= 0.6 is 0 Å². The van der Waals surface area contributed by atoms with E-state index in [0.717, 1.165) is 11.3 Å². The Morgan fingerprint density at radius 1 is 0.833 bits per heavy atom. The highest BCUT2D eigenvalue weighted by Crippen LogP contribution is 2.31. The van der Waals surface area contributed by atoms with Crippen LogP contribution in [0.3, 0.4) is 0 Å². The van der Waals surface area contributed by atoms with E-state index < -0.39 is 0 Å². The Kier molecular flexibility index (Phi) is 5.83. The molecule has 6 heteroatoms. The molecule has 0 aliphatic carbocycles. The molecule has 3 aromatic carbocycles. The van der Waals surface area contributed by atoms with Crippen LogP contribution in [0.4, 0.5) is 11.6 Å². The van der Waals surface area contributed by atoms with Crippen molar-refractivity contribution in [3.05, 3.63) is 102 Å². The zero-order valence-electron chi connectivity index (χ0n) is 16.0. The highest BCUT2D eigenvalue weighted by atomic mass is 16.5. The van der Waals surface area contributed by atoms with Crippen molar-refractivity contribution in [2.75, 3.05) is 5.32 Å². The maximum Gasteiger partial charge on any atom is 0.230 e. The van der Waals surface area contributed by atoms with Crippen LogP contribution in [0.1, 0.15) is 11.1 Å². The molecule has 146 valence electrons. The van der Waals surface area contributed by atoms with Gasteiger partial charge in [0.1, 0.15) is 6.61 Å². The first-order valence-corrected chi connectivity index (χ1v) is 9.34. The first-order valence-electron chi connectivity index (χ1n) is 9.34. The Balaban J connectivity index is 1.46. The molecule has 0 atom stereocenters. The normalized spacial score (nSPS) is 10.1. The van der Waals surface area contributed by atoms with Crippen LogP contribution in [-0.2, 0) is 6.61 Å². The van der Waals surface area contributed by atoms with E-state index in [-0.39, 0.29) is 0 Å². The van der Waals surface area contributed by atoms with Crippen LogP contribution in [0.5, 0.6) is 17.4 Å². The molecule has 1 aromatic heterocycles. The lowest BCUT2D eigenvalue weighted by Gasteiger charge is -2.12. The summed E-state index contributed by atoms with van der Waals surface area (Å²) in [5, 5.41) is 12.0. The van der Waals surface area contributed by atoms with Gasteiger partial charge in [-0.25, -0.2) is 4.98 Å². The largest absolute Gasteiger partial charge is 0.485 e. The first kappa shape index (κ1) is 19.0. The summed E-state index contributed by atoms with van der Waals surface area (Å²) in [5.41, 5.74) is 2.44. The molecular weight excluding hydrogens is 376 g/mol. The Morgan fingerprint density at radius 2 is 1.57 bits per heavy atom. The van der Waals surface area contributed by atoms with E-state index in [9.17, 15) is 0 Å². The molecule has 0 saturated carbocycles. The van der Waals surface area contributed by atoms with E-state index in [2.05, 4.69) is 21.4 Å². The van der Waals surface area contributed by atoms with Gasteiger partial charge in [-0.15, -0.1) is 0 Å². The third kappa shape index (κ3) is 4.91. The number of nitriles is 1. The van der Waals surface area contributed by atoms with Crippen LogP contribution in [-0.4, -0.2) is 9.97 Å². The molecule has 0 radical (unpaired) electrons. The van der Waals surface area contributed by atoms with Crippen molar-refractivity contribution in [1.82, 2.24) is 9.97 Å². The minimum absolute atomic E-state index is 0.386. The lowest BCUT2D eigenvalue weighted by atomic mass is 10.2. The second-order valence-electron chi connectivity index (χ2n) is 6.36. The standard InChI is InChI=1S/C24H18N4O2/c25-16-18-10-12-20(13-11-18)27-24-26-15-14-23(28-24)30-22-9-5-4-8-21(22)29-17-19-6-2-1-3-7-19/h1-15H,17H2,(H,26,27,28). The van der Waals surface area contributed by atoms with E-state index in [1.807, 2.05) is 54.6 Å². The summed E-state index contributed by atoms with van der Waals surface area (Å²) in [6.07, 6.45) is 1.61. The smallest absolute Gasteiger partial charge is 0.230 e. The SMILES string of the molecule is N#Cc1ccc(Nc2nccc(Oc3ccccc3OCc3ccccc3)n2)cc1. The highest BCUT2D eigenvalue weighted by molar-refractivity contribution is 5.55. The maximum absolute atomic E-state index is 8.90. The quantitative estimate of drug-likeness (QED) is 0.448. The molecule has 0 saturated heterocycles. The van der Waals surface area contributed by atoms with Gasteiger partial charge >= 0.3 is 0 Å². The third-order valence-corrected chi connectivity index (χ3v) is 4.20. The molecule has 0 unspecified atom stereocenters. The van der Waals surface area contributed by atoms with Gasteiger partial charge in [0.15, 0.2) is 11.5 Å². The molecule has 0 aliphatic rings. The molecular formula is C24H18N4O2. The Labute approximate surface area is 174 Å². The average Bonchev–Trinajstić information content (AvgIpc) is 2.80. The number of anilines is 2. The molecule has 6 nitrogen and oxygen atoms in total. The second kappa shape index (κ2) is 9.22. The minimum Gasteiger partial charge on any atom is -0.485 e. The zero-order valence-corrected chi connectivity index (χ0v) is 16.0. The lowest BCUT2D eigenvalue weighted by molar-refractivity contribution is 0.290. The number of nitrogens with zero attached hydrogens (tertiary/aromatic N) is 3. The summed E-state index contributed by atoms with van der Waals surface area (Å²) in [6, 6.07) is 28.2. The zero-order chi connectivity index (χ0) is 20.6. The van der Waals surface area contributed by atoms with Crippen molar-refractivity contribution in [2.45, 2.75) is 6.61 Å². The highest BCUT2D eigenvalue weighted by Gasteiger charge is 2.08. The van der Waals surface area contributed by atoms with Gasteiger partial charge in [-0.2, -0.15) is 10.2 Å². The lowest BCUT2D eigenvalue weighted by Crippen LogP contribution is -2.00. The van der Waals surface area contributed by atoms with Gasteiger partial charge < -0.3 is 14.8 Å². The number of hydrogen-bond donors (Lipinski definition) is 1. The first-order chi connectivity index (χ1) is 14.8. The van der Waals surface area contributed by atoms with E-state index in [1.165, 1.54) is 0 Å². The van der Waals surface area contributed by atoms with Gasteiger partial charge in [-0.05, 0) is 42.0 Å². The van der Waals surface area contributed by atoms with Gasteiger partial charge in [0.05, 0.1) is 11.6 Å². The molecule has 0 bridgehead atoms. The van der Waals surface area contributed by atoms with E-state index >= 15 is 0 Å². The van der Waals surface area contributed by atoms with E-state index in [4.69, 9.17) is 14.7 Å². The van der Waals surface area contributed by atoms with Crippen LogP contribution in [0.2, 0.25) is 0 Å². The minimum atomic E-state index is 0.386. The molecule has 1 N–H and O–H groups in total. The van der Waals surface area contributed by atoms with Gasteiger partial charge in [-0.3, -0.25) is 0 Å². The number of aromatic nitrogens is 2. The van der Waals surface area contributed by atoms with Crippen molar-refractivity contribution >= 4 is 11.6 Å². The Bertz CT molecular complexity index is 1160. The van der Waals surface area contributed by atoms with Crippen LogP contribution < -0.4 is 14.8 Å². The Hall–Kier alpha value is -4.37. The fourth-order valence-corrected chi connectivity index (χ4v) is 2.72. The molecule has 0 aliphatic heterocycles. The van der Waals surface area contributed by atoms with E-state index in [1.54, 1.807) is 36.5 Å². The van der Waals surface area contributed by atoms with Crippen molar-refractivity contribution in [1.29, 1.82) is 5.26 Å². The van der Waals surface area contributed by atoms with Crippen molar-refractivity contribution in [3.63, 3.8) is 0 Å². The molecule has 0 spiro atoms. The molecule has 30 heavy (non-hydrogen) atoms. The molecule has 4 aromatic rings. The van der Waals surface area contributed by atoms with Gasteiger partial charge in [0.25, 0.3) is 0 Å². The average molecular weight is 394 g/mol. The molecule has 1 heterocycles. The number of hydrogen-bond acceptors (Lipinski definition) is 6. The van der Waals surface area contributed by atoms with Crippen LogP contribution in [0.15, 0.2) is 91.1 Å². The van der Waals surface area contributed by atoms with Gasteiger partial charge in [-0.1, -0.05) is 42.5 Å². The van der Waals surface area contributed by atoms with Crippen LogP contribution in [0.25, 0.3) is 0 Å². The molecule has 0 fully saturated rings. The number of rotatable bonds is 7. The van der Waals surface area contributed by atoms with Crippen molar-refractivity contribution in [2.24, 2.45) is 0 Å². The number of benzene rings is 3. The summed E-state index contributed by atoms with van der Waals surface area (Å²) in [6.45, 7) is 0.441. The van der Waals surface area contributed by atoms with Crippen LogP contribution in [0, 0.1) is 11.3 Å². The van der Waals surface area contributed by atoms with Crippen molar-refractivity contribution in [3.8, 4) is 23.4 Å². The van der Waals surface area contributed by atoms with E-state index in [0.29, 0.717) is 35.5 Å². The van der Waals surface area contributed by atoms with Crippen molar-refractivity contribution < 1.29 is 9.47 Å². The summed E-state index contributed by atoms with van der Waals surface area (Å²) in [4.78, 5) is 8.62. The predicted molar refractivity (Wildman–Crippen MR) is 114 cm³/mol. The summed E-state index contributed by atoms with van der Waals surface area (Å²) >= 11 is 0. The Morgan fingerprint density at radius 3 is 2.33 bits per heavy atom. The fraction of sp³-hybridized carbons (Fsp3) is 0.0417. The maximum atomic E-state index is 8.90. The number of ether oxygens (including phenoxy) is 2. The summed E-state index contributed by atoms with van der Waals surface area (Å²) in [5.74, 6) is 1.97. The second-order valence-corrected chi connectivity index (χ2v) is 6.36. The third-order valence-electron chi connectivity index (χ3n) is 4.20. The topological polar surface area (TPSA) is 80.1 Å².